The molecule has 0 aromatic carbocycles. The molecule has 1 N–H and O–H groups in total. The molecule has 6 heteroatoms. The van der Waals surface area contributed by atoms with Gasteiger partial charge in [-0.2, -0.15) is 0 Å². The molecule has 0 spiro atoms. The number of hydrogen-bond acceptors (Lipinski definition) is 5. The summed E-state index contributed by atoms with van der Waals surface area (Å²) in [5.74, 6) is 0.639. The second-order valence-electron chi connectivity index (χ2n) is 4.36. The second-order valence-corrected chi connectivity index (χ2v) is 4.36. The summed E-state index contributed by atoms with van der Waals surface area (Å²) in [4.78, 5) is 13.9. The largest absolute Gasteiger partial charge is 0.363 e. The van der Waals surface area contributed by atoms with Crippen LogP contribution in [-0.2, 0) is 6.54 Å². The zero-order valence-electron chi connectivity index (χ0n) is 11.2. The Morgan fingerprint density at radius 3 is 2.79 bits per heavy atom. The predicted molar refractivity (Wildman–Crippen MR) is 72.6 cm³/mol. The third-order valence-electron chi connectivity index (χ3n) is 2.70. The van der Waals surface area contributed by atoms with Gasteiger partial charge in [-0.3, -0.25) is 0 Å². The molecule has 0 atom stereocenters. The standard InChI is InChI=1S/C13H16FN5/c1-9-11(14)12(18-8-17-9)16-7-10-5-4-6-15-13(10)19(2)3/h4-6,8H,7H2,1-3H3,(H,16,17,18). The average molecular weight is 261 g/mol. The summed E-state index contributed by atoms with van der Waals surface area (Å²) < 4.78 is 13.7. The van der Waals surface area contributed by atoms with Crippen molar-refractivity contribution in [2.24, 2.45) is 0 Å². The van der Waals surface area contributed by atoms with E-state index in [1.165, 1.54) is 6.33 Å². The molecule has 0 fully saturated rings. The number of nitrogens with zero attached hydrogens (tertiary/aromatic N) is 4. The number of aromatic nitrogens is 3. The topological polar surface area (TPSA) is 53.9 Å². The van der Waals surface area contributed by atoms with Gasteiger partial charge in [0.15, 0.2) is 11.6 Å². The number of nitrogens with one attached hydrogen (secondary N) is 1. The van der Waals surface area contributed by atoms with Gasteiger partial charge in [0.2, 0.25) is 0 Å². The van der Waals surface area contributed by atoms with Crippen molar-refractivity contribution in [3.8, 4) is 0 Å². The summed E-state index contributed by atoms with van der Waals surface area (Å²) in [5.41, 5.74) is 1.31. The molecule has 2 rings (SSSR count). The third-order valence-corrected chi connectivity index (χ3v) is 2.70. The zero-order chi connectivity index (χ0) is 13.8. The Morgan fingerprint density at radius 2 is 2.05 bits per heavy atom. The van der Waals surface area contributed by atoms with Crippen molar-refractivity contribution in [2.45, 2.75) is 13.5 Å². The van der Waals surface area contributed by atoms with Crippen molar-refractivity contribution >= 4 is 11.6 Å². The van der Waals surface area contributed by atoms with Gasteiger partial charge in [-0.25, -0.2) is 19.3 Å². The van der Waals surface area contributed by atoms with Gasteiger partial charge in [-0.05, 0) is 13.0 Å². The van der Waals surface area contributed by atoms with E-state index >= 15 is 0 Å². The van der Waals surface area contributed by atoms with E-state index in [0.717, 1.165) is 11.4 Å². The lowest BCUT2D eigenvalue weighted by atomic mass is 10.2. The molecule has 0 aliphatic carbocycles. The van der Waals surface area contributed by atoms with Crippen molar-refractivity contribution in [1.29, 1.82) is 0 Å². The molecule has 0 aliphatic rings. The molecular weight excluding hydrogens is 245 g/mol. The Labute approximate surface area is 111 Å². The van der Waals surface area contributed by atoms with Crippen LogP contribution in [0, 0.1) is 12.7 Å². The van der Waals surface area contributed by atoms with Crippen LogP contribution in [0.4, 0.5) is 16.0 Å². The molecule has 5 nitrogen and oxygen atoms in total. The van der Waals surface area contributed by atoms with E-state index in [2.05, 4.69) is 20.3 Å². The maximum Gasteiger partial charge on any atom is 0.186 e. The van der Waals surface area contributed by atoms with Gasteiger partial charge in [0.1, 0.15) is 12.1 Å². The van der Waals surface area contributed by atoms with Crippen LogP contribution in [0.25, 0.3) is 0 Å². The fraction of sp³-hybridized carbons (Fsp3) is 0.308. The lowest BCUT2D eigenvalue weighted by Crippen LogP contribution is -2.15. The highest BCUT2D eigenvalue weighted by molar-refractivity contribution is 5.48. The zero-order valence-corrected chi connectivity index (χ0v) is 11.2. The van der Waals surface area contributed by atoms with E-state index in [9.17, 15) is 4.39 Å². The van der Waals surface area contributed by atoms with Crippen molar-refractivity contribution < 1.29 is 4.39 Å². The minimum atomic E-state index is -0.419. The van der Waals surface area contributed by atoms with Gasteiger partial charge in [-0.15, -0.1) is 0 Å². The van der Waals surface area contributed by atoms with E-state index in [4.69, 9.17) is 0 Å². The first kappa shape index (κ1) is 13.2. The number of pyridine rings is 1. The van der Waals surface area contributed by atoms with Gasteiger partial charge in [-0.1, -0.05) is 6.07 Å². The molecule has 2 aromatic heterocycles. The molecule has 19 heavy (non-hydrogen) atoms. The van der Waals surface area contributed by atoms with Gasteiger partial charge in [0.25, 0.3) is 0 Å². The van der Waals surface area contributed by atoms with E-state index in [1.54, 1.807) is 13.1 Å². The SMILES string of the molecule is Cc1ncnc(NCc2cccnc2N(C)C)c1F. The number of anilines is 2. The number of rotatable bonds is 4. The van der Waals surface area contributed by atoms with E-state index in [1.807, 2.05) is 31.1 Å². The first-order valence-corrected chi connectivity index (χ1v) is 5.91. The molecule has 0 amide bonds. The lowest BCUT2D eigenvalue weighted by Gasteiger charge is -2.16. The molecule has 2 aromatic rings. The Morgan fingerprint density at radius 1 is 1.26 bits per heavy atom. The Hall–Kier alpha value is -2.24. The van der Waals surface area contributed by atoms with Crippen LogP contribution >= 0.6 is 0 Å². The van der Waals surface area contributed by atoms with Gasteiger partial charge in [0.05, 0.1) is 5.69 Å². The first-order chi connectivity index (χ1) is 9.09. The predicted octanol–water partition coefficient (Wildman–Crippen LogP) is 2.00. The molecule has 0 radical (unpaired) electrons. The van der Waals surface area contributed by atoms with E-state index in [0.29, 0.717) is 12.2 Å². The minimum absolute atomic E-state index is 0.209. The van der Waals surface area contributed by atoms with E-state index < -0.39 is 5.82 Å². The number of aryl methyl sites for hydroxylation is 1. The summed E-state index contributed by atoms with van der Waals surface area (Å²) in [6.45, 7) is 2.06. The second kappa shape index (κ2) is 5.60. The maximum absolute atomic E-state index is 13.7. The number of hydrogen-bond donors (Lipinski definition) is 1. The molecular formula is C13H16FN5. The van der Waals surface area contributed by atoms with Crippen LogP contribution in [0.2, 0.25) is 0 Å². The Kier molecular flexibility index (Phi) is 3.89. The highest BCUT2D eigenvalue weighted by Gasteiger charge is 2.09. The van der Waals surface area contributed by atoms with Gasteiger partial charge >= 0.3 is 0 Å². The van der Waals surface area contributed by atoms with Crippen molar-refractivity contribution in [3.63, 3.8) is 0 Å². The third kappa shape index (κ3) is 2.96. The van der Waals surface area contributed by atoms with Gasteiger partial charge < -0.3 is 10.2 Å². The van der Waals surface area contributed by atoms with Crippen LogP contribution in [-0.4, -0.2) is 29.0 Å². The van der Waals surface area contributed by atoms with Crippen LogP contribution in [0.1, 0.15) is 11.3 Å². The van der Waals surface area contributed by atoms with Crippen molar-refractivity contribution in [1.82, 2.24) is 15.0 Å². The van der Waals surface area contributed by atoms with Crippen molar-refractivity contribution in [2.75, 3.05) is 24.3 Å². The summed E-state index contributed by atoms with van der Waals surface area (Å²) in [6.07, 6.45) is 3.07. The smallest absolute Gasteiger partial charge is 0.186 e. The molecule has 0 saturated carbocycles. The fourth-order valence-electron chi connectivity index (χ4n) is 1.73. The molecule has 100 valence electrons. The van der Waals surface area contributed by atoms with Gasteiger partial charge in [0, 0.05) is 32.4 Å². The molecule has 0 bridgehead atoms. The summed E-state index contributed by atoms with van der Waals surface area (Å²) in [7, 11) is 3.84. The Bertz CT molecular complexity index is 571. The van der Waals surface area contributed by atoms with Crippen LogP contribution in [0.3, 0.4) is 0 Å². The van der Waals surface area contributed by atoms with Crippen LogP contribution in [0.15, 0.2) is 24.7 Å². The molecule has 0 aliphatic heterocycles. The normalized spacial score (nSPS) is 10.3. The quantitative estimate of drug-likeness (QED) is 0.912. The number of halogens is 1. The summed E-state index contributed by atoms with van der Waals surface area (Å²) in [6, 6.07) is 3.80. The highest BCUT2D eigenvalue weighted by atomic mass is 19.1. The average Bonchev–Trinajstić information content (AvgIpc) is 2.40. The lowest BCUT2D eigenvalue weighted by molar-refractivity contribution is 0.604. The molecule has 2 heterocycles. The summed E-state index contributed by atoms with van der Waals surface area (Å²) >= 11 is 0. The molecule has 0 saturated heterocycles. The Balaban J connectivity index is 2.17. The fourth-order valence-corrected chi connectivity index (χ4v) is 1.73. The first-order valence-electron chi connectivity index (χ1n) is 5.91. The summed E-state index contributed by atoms with van der Waals surface area (Å²) in [5, 5.41) is 2.97. The van der Waals surface area contributed by atoms with Crippen LogP contribution in [0.5, 0.6) is 0 Å². The molecule has 0 unspecified atom stereocenters. The minimum Gasteiger partial charge on any atom is -0.363 e. The van der Waals surface area contributed by atoms with Crippen LogP contribution < -0.4 is 10.2 Å². The van der Waals surface area contributed by atoms with Crippen molar-refractivity contribution in [3.05, 3.63) is 41.7 Å². The van der Waals surface area contributed by atoms with E-state index in [-0.39, 0.29) is 5.82 Å². The maximum atomic E-state index is 13.7. The monoisotopic (exact) mass is 261 g/mol. The highest BCUT2D eigenvalue weighted by Crippen LogP contribution is 2.17.